The van der Waals surface area contributed by atoms with Crippen LogP contribution in [0.5, 0.6) is 5.75 Å². The van der Waals surface area contributed by atoms with E-state index in [1.54, 1.807) is 30.3 Å². The second-order valence-corrected chi connectivity index (χ2v) is 3.33. The van der Waals surface area contributed by atoms with Gasteiger partial charge < -0.3 is 4.74 Å². The highest BCUT2D eigenvalue weighted by Crippen LogP contribution is 2.12. The normalized spacial score (nSPS) is 9.89. The number of ether oxygens (including phenoxy) is 1. The molecule has 0 aliphatic rings. The van der Waals surface area contributed by atoms with Crippen LogP contribution in [0, 0.1) is 11.9 Å². The molecular formula is C12H8F2N2O2. The molecule has 1 aromatic carbocycles. The quantitative estimate of drug-likeness (QED) is 0.833. The maximum Gasteiger partial charge on any atom is 0.417 e. The number of carbonyl (C=O) groups is 1. The Hall–Kier alpha value is -2.50. The molecule has 2 aromatic rings. The number of nitrogens with one attached hydrogen (secondary N) is 1. The Labute approximate surface area is 101 Å². The summed E-state index contributed by atoms with van der Waals surface area (Å²) in [7, 11) is 0. The van der Waals surface area contributed by atoms with Crippen molar-refractivity contribution >= 4 is 11.8 Å². The van der Waals surface area contributed by atoms with E-state index in [0.717, 1.165) is 12.1 Å². The van der Waals surface area contributed by atoms with E-state index in [0.29, 0.717) is 5.75 Å². The first-order chi connectivity index (χ1) is 8.63. The van der Waals surface area contributed by atoms with E-state index in [1.807, 2.05) is 0 Å². The van der Waals surface area contributed by atoms with E-state index < -0.39 is 18.0 Å². The van der Waals surface area contributed by atoms with Crippen LogP contribution >= 0.6 is 0 Å². The minimum absolute atomic E-state index is 0.0686. The van der Waals surface area contributed by atoms with Gasteiger partial charge >= 0.3 is 6.09 Å². The summed E-state index contributed by atoms with van der Waals surface area (Å²) in [5, 5.41) is 2.19. The topological polar surface area (TPSA) is 51.2 Å². The van der Waals surface area contributed by atoms with Crippen molar-refractivity contribution in [1.82, 2.24) is 4.98 Å². The van der Waals surface area contributed by atoms with Crippen LogP contribution in [0.4, 0.5) is 19.3 Å². The molecule has 0 aliphatic heterocycles. The van der Waals surface area contributed by atoms with Crippen LogP contribution in [-0.2, 0) is 0 Å². The van der Waals surface area contributed by atoms with Gasteiger partial charge in [0, 0.05) is 12.1 Å². The van der Waals surface area contributed by atoms with Gasteiger partial charge in [0.05, 0.1) is 5.69 Å². The van der Waals surface area contributed by atoms with Crippen LogP contribution in [0.3, 0.4) is 0 Å². The molecule has 0 saturated carbocycles. The van der Waals surface area contributed by atoms with Crippen LogP contribution in [0.15, 0.2) is 42.5 Å². The van der Waals surface area contributed by atoms with Crippen molar-refractivity contribution in [3.8, 4) is 5.75 Å². The van der Waals surface area contributed by atoms with Crippen molar-refractivity contribution < 1.29 is 18.3 Å². The molecule has 1 amide bonds. The molecule has 0 radical (unpaired) electrons. The average Bonchev–Trinajstić information content (AvgIpc) is 2.28. The molecule has 0 aliphatic carbocycles. The zero-order chi connectivity index (χ0) is 13.0. The molecule has 1 N–H and O–H groups in total. The molecule has 18 heavy (non-hydrogen) atoms. The number of halogens is 2. The molecule has 4 nitrogen and oxygen atoms in total. The summed E-state index contributed by atoms with van der Waals surface area (Å²) < 4.78 is 30.4. The minimum Gasteiger partial charge on any atom is -0.410 e. The number of hydrogen-bond acceptors (Lipinski definition) is 3. The maximum atomic E-state index is 12.8. The Morgan fingerprint density at radius 3 is 2.33 bits per heavy atom. The molecule has 0 atom stereocenters. The first-order valence-electron chi connectivity index (χ1n) is 5.00. The third-order valence-corrected chi connectivity index (χ3v) is 1.96. The third kappa shape index (κ3) is 3.24. The number of pyridine rings is 1. The molecule has 0 unspecified atom stereocenters. The second kappa shape index (κ2) is 5.22. The van der Waals surface area contributed by atoms with Crippen molar-refractivity contribution in [2.24, 2.45) is 0 Å². The lowest BCUT2D eigenvalue weighted by Gasteiger charge is -2.06. The molecule has 2 rings (SSSR count). The monoisotopic (exact) mass is 250 g/mol. The lowest BCUT2D eigenvalue weighted by Crippen LogP contribution is -2.17. The van der Waals surface area contributed by atoms with Gasteiger partial charge in [-0.3, -0.25) is 5.32 Å². The smallest absolute Gasteiger partial charge is 0.410 e. The van der Waals surface area contributed by atoms with Gasteiger partial charge in [0.15, 0.2) is 0 Å². The molecule has 0 fully saturated rings. The zero-order valence-corrected chi connectivity index (χ0v) is 9.06. The Morgan fingerprint density at radius 2 is 1.72 bits per heavy atom. The summed E-state index contributed by atoms with van der Waals surface area (Å²) in [6.07, 6.45) is -0.841. The number of amides is 1. The van der Waals surface area contributed by atoms with Gasteiger partial charge in [-0.05, 0) is 12.1 Å². The first kappa shape index (κ1) is 12.0. The number of anilines is 1. The van der Waals surface area contributed by atoms with E-state index in [4.69, 9.17) is 4.74 Å². The van der Waals surface area contributed by atoms with Crippen LogP contribution in [0.25, 0.3) is 0 Å². The molecular weight excluding hydrogens is 242 g/mol. The number of nitrogens with zero attached hydrogens (tertiary/aromatic N) is 1. The van der Waals surface area contributed by atoms with E-state index in [1.165, 1.54) is 0 Å². The number of para-hydroxylation sites is 1. The molecule has 0 bridgehead atoms. The number of rotatable bonds is 2. The fourth-order valence-corrected chi connectivity index (χ4v) is 1.28. The number of hydrogen-bond donors (Lipinski definition) is 1. The van der Waals surface area contributed by atoms with E-state index in [2.05, 4.69) is 10.3 Å². The summed E-state index contributed by atoms with van der Waals surface area (Å²) in [6, 6.07) is 10.1. The fourth-order valence-electron chi connectivity index (χ4n) is 1.28. The van der Waals surface area contributed by atoms with Gasteiger partial charge in [0.2, 0.25) is 11.9 Å². The van der Waals surface area contributed by atoms with Crippen LogP contribution in [0.1, 0.15) is 0 Å². The number of benzene rings is 1. The summed E-state index contributed by atoms with van der Waals surface area (Å²) in [4.78, 5) is 14.3. The largest absolute Gasteiger partial charge is 0.417 e. The molecule has 0 saturated heterocycles. The average molecular weight is 250 g/mol. The van der Waals surface area contributed by atoms with Crippen LogP contribution in [0.2, 0.25) is 0 Å². The standard InChI is InChI=1S/C12H8F2N2O2/c13-10-6-8(7-11(14)16-10)15-12(17)18-9-4-2-1-3-5-9/h1-7H,(H,15,16,17). The van der Waals surface area contributed by atoms with Gasteiger partial charge in [-0.1, -0.05) is 18.2 Å². The van der Waals surface area contributed by atoms with Crippen molar-refractivity contribution in [2.45, 2.75) is 0 Å². The Balaban J connectivity index is 2.03. The lowest BCUT2D eigenvalue weighted by molar-refractivity contribution is 0.215. The van der Waals surface area contributed by atoms with Gasteiger partial charge in [-0.2, -0.15) is 13.8 Å². The summed E-state index contributed by atoms with van der Waals surface area (Å²) in [5.41, 5.74) is -0.0686. The van der Waals surface area contributed by atoms with E-state index in [9.17, 15) is 13.6 Å². The second-order valence-electron chi connectivity index (χ2n) is 3.33. The molecule has 6 heteroatoms. The van der Waals surface area contributed by atoms with Gasteiger partial charge in [-0.25, -0.2) is 4.79 Å². The van der Waals surface area contributed by atoms with Crippen molar-refractivity contribution in [3.63, 3.8) is 0 Å². The number of carbonyl (C=O) groups excluding carboxylic acids is 1. The molecule has 1 heterocycles. The van der Waals surface area contributed by atoms with Crippen molar-refractivity contribution in [2.75, 3.05) is 5.32 Å². The zero-order valence-electron chi connectivity index (χ0n) is 9.06. The Bertz CT molecular complexity index is 541. The highest BCUT2D eigenvalue weighted by atomic mass is 19.1. The van der Waals surface area contributed by atoms with Gasteiger partial charge in [0.1, 0.15) is 5.75 Å². The van der Waals surface area contributed by atoms with Crippen LogP contribution < -0.4 is 10.1 Å². The van der Waals surface area contributed by atoms with E-state index in [-0.39, 0.29) is 5.69 Å². The third-order valence-electron chi connectivity index (χ3n) is 1.96. The fraction of sp³-hybridized carbons (Fsp3) is 0. The number of aromatic nitrogens is 1. The molecule has 0 spiro atoms. The summed E-state index contributed by atoms with van der Waals surface area (Å²) >= 11 is 0. The molecule has 1 aromatic heterocycles. The predicted molar refractivity (Wildman–Crippen MR) is 60.2 cm³/mol. The Kier molecular flexibility index (Phi) is 3.47. The summed E-state index contributed by atoms with van der Waals surface area (Å²) in [6.45, 7) is 0. The van der Waals surface area contributed by atoms with Gasteiger partial charge in [0.25, 0.3) is 0 Å². The predicted octanol–water partition coefficient (Wildman–Crippen LogP) is 2.97. The van der Waals surface area contributed by atoms with Crippen molar-refractivity contribution in [3.05, 3.63) is 54.4 Å². The maximum absolute atomic E-state index is 12.8. The highest BCUT2D eigenvalue weighted by Gasteiger charge is 2.07. The first-order valence-corrected chi connectivity index (χ1v) is 5.00. The molecule has 92 valence electrons. The van der Waals surface area contributed by atoms with Crippen molar-refractivity contribution in [1.29, 1.82) is 0 Å². The highest BCUT2D eigenvalue weighted by molar-refractivity contribution is 5.86. The minimum atomic E-state index is -1.02. The lowest BCUT2D eigenvalue weighted by atomic mass is 10.3. The Morgan fingerprint density at radius 1 is 1.11 bits per heavy atom. The van der Waals surface area contributed by atoms with Crippen LogP contribution in [-0.4, -0.2) is 11.1 Å². The SMILES string of the molecule is O=C(Nc1cc(F)nc(F)c1)Oc1ccccc1. The summed E-state index contributed by atoms with van der Waals surface area (Å²) in [5.74, 6) is -1.72. The van der Waals surface area contributed by atoms with E-state index >= 15 is 0 Å². The van der Waals surface area contributed by atoms with Gasteiger partial charge in [-0.15, -0.1) is 0 Å².